The van der Waals surface area contributed by atoms with Crippen LogP contribution in [0.15, 0.2) is 12.2 Å². The van der Waals surface area contributed by atoms with Gasteiger partial charge in [0.1, 0.15) is 0 Å². The van der Waals surface area contributed by atoms with Crippen molar-refractivity contribution in [1.82, 2.24) is 0 Å². The van der Waals surface area contributed by atoms with Gasteiger partial charge >= 0.3 is 0 Å². The summed E-state index contributed by atoms with van der Waals surface area (Å²) in [6, 6.07) is 0. The van der Waals surface area contributed by atoms with E-state index in [0.29, 0.717) is 59.0 Å². The minimum absolute atomic E-state index is 0.465. The Morgan fingerprint density at radius 1 is 0.562 bits per heavy atom. The summed E-state index contributed by atoms with van der Waals surface area (Å²) in [6.07, 6.45) is 4.58. The van der Waals surface area contributed by atoms with Gasteiger partial charge in [-0.15, -0.1) is 46.4 Å². The zero-order valence-corrected chi connectivity index (χ0v) is 12.0. The molecular weight excluding hydrogens is 286 g/mol. The van der Waals surface area contributed by atoms with Gasteiger partial charge in [0.15, 0.2) is 0 Å². The molecule has 1 fully saturated rings. The summed E-state index contributed by atoms with van der Waals surface area (Å²) >= 11 is 24.4. The Morgan fingerprint density at radius 2 is 0.812 bits per heavy atom. The third-order valence-corrected chi connectivity index (χ3v) is 5.77. The van der Waals surface area contributed by atoms with Crippen molar-refractivity contribution in [3.63, 3.8) is 0 Å². The van der Waals surface area contributed by atoms with Crippen LogP contribution in [0.3, 0.4) is 0 Å². The highest BCUT2D eigenvalue weighted by molar-refractivity contribution is 6.20. The van der Waals surface area contributed by atoms with Gasteiger partial charge in [-0.3, -0.25) is 0 Å². The molecule has 3 aliphatic carbocycles. The van der Waals surface area contributed by atoms with Crippen LogP contribution in [0, 0.1) is 35.5 Å². The molecule has 16 heavy (non-hydrogen) atoms. The van der Waals surface area contributed by atoms with E-state index >= 15 is 0 Å². The molecule has 0 aromatic heterocycles. The van der Waals surface area contributed by atoms with Crippen molar-refractivity contribution >= 4 is 46.4 Å². The molecule has 0 nitrogen and oxygen atoms in total. The van der Waals surface area contributed by atoms with Gasteiger partial charge in [0.05, 0.1) is 0 Å². The second-order valence-electron chi connectivity index (χ2n) is 4.81. The lowest BCUT2D eigenvalue weighted by Crippen LogP contribution is -2.50. The second-order valence-corrected chi connectivity index (χ2v) is 6.05. The fourth-order valence-corrected chi connectivity index (χ4v) is 5.21. The Balaban J connectivity index is 2.29. The smallest absolute Gasteiger partial charge is 0.0260 e. The first-order valence-electron chi connectivity index (χ1n) is 5.70. The van der Waals surface area contributed by atoms with Gasteiger partial charge in [0.25, 0.3) is 0 Å². The summed E-state index contributed by atoms with van der Waals surface area (Å²) in [5.74, 6) is 5.50. The molecule has 6 atom stereocenters. The van der Waals surface area contributed by atoms with Gasteiger partial charge in [0.2, 0.25) is 0 Å². The first-order chi connectivity index (χ1) is 7.78. The summed E-state index contributed by atoms with van der Waals surface area (Å²) < 4.78 is 0. The van der Waals surface area contributed by atoms with E-state index in [1.54, 1.807) is 0 Å². The molecule has 4 heteroatoms. The van der Waals surface area contributed by atoms with E-state index in [1.807, 2.05) is 0 Å². The van der Waals surface area contributed by atoms with Gasteiger partial charge < -0.3 is 0 Å². The minimum Gasteiger partial charge on any atom is -0.126 e. The van der Waals surface area contributed by atoms with Gasteiger partial charge in [-0.05, 0) is 35.5 Å². The van der Waals surface area contributed by atoms with Crippen molar-refractivity contribution in [2.75, 3.05) is 23.5 Å². The zero-order valence-electron chi connectivity index (χ0n) is 8.96. The molecule has 0 N–H and O–H groups in total. The van der Waals surface area contributed by atoms with Crippen LogP contribution < -0.4 is 0 Å². The Bertz CT molecular complexity index is 220. The Morgan fingerprint density at radius 3 is 1.00 bits per heavy atom. The van der Waals surface area contributed by atoms with Crippen LogP contribution in [0.2, 0.25) is 0 Å². The maximum absolute atomic E-state index is 6.09. The van der Waals surface area contributed by atoms with E-state index in [1.165, 1.54) is 0 Å². The normalized spacial score (nSPS) is 46.2. The van der Waals surface area contributed by atoms with E-state index in [9.17, 15) is 0 Å². The number of allylic oxidation sites excluding steroid dienone is 2. The van der Waals surface area contributed by atoms with Crippen LogP contribution >= 0.6 is 46.4 Å². The van der Waals surface area contributed by atoms with Crippen LogP contribution in [-0.2, 0) is 0 Å². The van der Waals surface area contributed by atoms with Crippen LogP contribution in [0.25, 0.3) is 0 Å². The van der Waals surface area contributed by atoms with Crippen molar-refractivity contribution in [3.05, 3.63) is 12.2 Å². The molecule has 0 saturated heterocycles. The van der Waals surface area contributed by atoms with E-state index in [4.69, 9.17) is 46.4 Å². The molecule has 0 aliphatic heterocycles. The zero-order chi connectivity index (χ0) is 11.7. The highest BCUT2D eigenvalue weighted by Gasteiger charge is 2.49. The summed E-state index contributed by atoms with van der Waals surface area (Å²) in [6.45, 7) is 0. The fourth-order valence-electron chi connectivity index (χ4n) is 3.47. The predicted molar refractivity (Wildman–Crippen MR) is 73.0 cm³/mol. The van der Waals surface area contributed by atoms with Crippen molar-refractivity contribution in [2.24, 2.45) is 35.5 Å². The largest absolute Gasteiger partial charge is 0.126 e. The summed E-state index contributed by atoms with van der Waals surface area (Å²) in [5.41, 5.74) is 0. The third kappa shape index (κ3) is 2.00. The van der Waals surface area contributed by atoms with Crippen LogP contribution in [0.5, 0.6) is 0 Å². The van der Waals surface area contributed by atoms with Crippen molar-refractivity contribution in [2.45, 2.75) is 0 Å². The van der Waals surface area contributed by atoms with Crippen LogP contribution in [0.1, 0.15) is 0 Å². The Labute approximate surface area is 117 Å². The molecule has 1 saturated carbocycles. The molecule has 0 aromatic rings. The average molecular weight is 302 g/mol. The molecule has 0 heterocycles. The topological polar surface area (TPSA) is 0 Å². The minimum atomic E-state index is 0.465. The summed E-state index contributed by atoms with van der Waals surface area (Å²) in [4.78, 5) is 0. The average Bonchev–Trinajstić information content (AvgIpc) is 2.36. The lowest BCUT2D eigenvalue weighted by atomic mass is 9.55. The van der Waals surface area contributed by atoms with E-state index in [2.05, 4.69) is 12.2 Å². The SMILES string of the molecule is ClC[C@@H]1C2C=CC([C@H]1CCl)[C@H](CCl)[C@H]2CCl. The Hall–Kier alpha value is 0.900. The van der Waals surface area contributed by atoms with Crippen LogP contribution in [-0.4, -0.2) is 23.5 Å². The number of hydrogen-bond acceptors (Lipinski definition) is 0. The van der Waals surface area contributed by atoms with E-state index < -0.39 is 0 Å². The van der Waals surface area contributed by atoms with Gasteiger partial charge in [-0.1, -0.05) is 12.2 Å². The summed E-state index contributed by atoms with van der Waals surface area (Å²) in [7, 11) is 0. The number of rotatable bonds is 4. The quantitative estimate of drug-likeness (QED) is 0.539. The molecule has 0 amide bonds. The third-order valence-electron chi connectivity index (χ3n) is 4.35. The van der Waals surface area contributed by atoms with Crippen LogP contribution in [0.4, 0.5) is 0 Å². The molecule has 0 spiro atoms. The maximum atomic E-state index is 6.09. The van der Waals surface area contributed by atoms with Gasteiger partial charge in [-0.25, -0.2) is 0 Å². The lowest BCUT2D eigenvalue weighted by molar-refractivity contribution is 0.0502. The Kier molecular flexibility index (Phi) is 4.74. The number of fused-ring (bicyclic) bond motifs is 2. The number of hydrogen-bond donors (Lipinski definition) is 0. The van der Waals surface area contributed by atoms with Crippen molar-refractivity contribution in [1.29, 1.82) is 0 Å². The fraction of sp³-hybridized carbons (Fsp3) is 0.833. The predicted octanol–water partition coefficient (Wildman–Crippen LogP) is 4.22. The molecule has 0 radical (unpaired) electrons. The molecule has 0 aromatic carbocycles. The van der Waals surface area contributed by atoms with E-state index in [-0.39, 0.29) is 0 Å². The van der Waals surface area contributed by atoms with Gasteiger partial charge in [0, 0.05) is 23.5 Å². The standard InChI is InChI=1S/C12H16Cl4/c13-3-9-7-1-2-8(11(9)5-15)12(6-16)10(7)4-14/h1-2,7-12H,3-6H2/t7?,8?,9-,10+,11-,12+. The molecule has 2 unspecified atom stereocenters. The molecule has 2 bridgehead atoms. The van der Waals surface area contributed by atoms with E-state index in [0.717, 1.165) is 0 Å². The first kappa shape index (κ1) is 13.3. The van der Waals surface area contributed by atoms with Crippen molar-refractivity contribution < 1.29 is 0 Å². The number of halogens is 4. The number of alkyl halides is 4. The second kappa shape index (κ2) is 5.69. The maximum Gasteiger partial charge on any atom is 0.0260 e. The van der Waals surface area contributed by atoms with Gasteiger partial charge in [-0.2, -0.15) is 0 Å². The highest BCUT2D eigenvalue weighted by Crippen LogP contribution is 2.52. The van der Waals surface area contributed by atoms with Crippen molar-refractivity contribution in [3.8, 4) is 0 Å². The molecular formula is C12H16Cl4. The monoisotopic (exact) mass is 300 g/mol. The molecule has 3 rings (SSSR count). The molecule has 92 valence electrons. The summed E-state index contributed by atoms with van der Waals surface area (Å²) in [5, 5.41) is 0. The lowest BCUT2D eigenvalue weighted by Gasteiger charge is -2.52. The highest BCUT2D eigenvalue weighted by atomic mass is 35.5. The first-order valence-corrected chi connectivity index (χ1v) is 7.84. The molecule has 3 aliphatic rings.